The van der Waals surface area contributed by atoms with Gasteiger partial charge in [0.1, 0.15) is 5.75 Å². The Bertz CT molecular complexity index is 931. The second-order valence-corrected chi connectivity index (χ2v) is 7.97. The van der Waals surface area contributed by atoms with Crippen LogP contribution in [0.3, 0.4) is 0 Å². The molecule has 30 heavy (non-hydrogen) atoms. The highest BCUT2D eigenvalue weighted by molar-refractivity contribution is 7.89. The molecule has 0 aliphatic heterocycles. The van der Waals surface area contributed by atoms with Crippen LogP contribution in [0, 0.1) is 0 Å². The second kappa shape index (κ2) is 10.3. The number of alkyl halides is 3. The first-order valence-corrected chi connectivity index (χ1v) is 10.4. The van der Waals surface area contributed by atoms with E-state index in [1.807, 2.05) is 0 Å². The van der Waals surface area contributed by atoms with Crippen molar-refractivity contribution >= 4 is 16.1 Å². The number of rotatable bonds is 9. The summed E-state index contributed by atoms with van der Waals surface area (Å²) in [6, 6.07) is 10.0. The third kappa shape index (κ3) is 7.23. The predicted octanol–water partition coefficient (Wildman–Crippen LogP) is 2.53. The van der Waals surface area contributed by atoms with Crippen molar-refractivity contribution in [1.82, 2.24) is 15.4 Å². The SMILES string of the molecule is COc1ccc(S(=O)(=O)NCCNC(=O)NCCc2ccc(C(F)(F)F)cc2)cc1. The molecule has 0 radical (unpaired) electrons. The van der Waals surface area contributed by atoms with Crippen LogP contribution in [-0.4, -0.2) is 41.2 Å². The van der Waals surface area contributed by atoms with E-state index >= 15 is 0 Å². The molecule has 0 spiro atoms. The maximum atomic E-state index is 12.5. The van der Waals surface area contributed by atoms with Crippen LogP contribution in [0.4, 0.5) is 18.0 Å². The quantitative estimate of drug-likeness (QED) is 0.517. The van der Waals surface area contributed by atoms with Crippen LogP contribution in [-0.2, 0) is 22.6 Å². The molecule has 3 N–H and O–H groups in total. The Hall–Kier alpha value is -2.79. The Morgan fingerprint density at radius 1 is 0.933 bits per heavy atom. The van der Waals surface area contributed by atoms with Crippen LogP contribution in [0.1, 0.15) is 11.1 Å². The molecule has 11 heteroatoms. The van der Waals surface area contributed by atoms with E-state index in [-0.39, 0.29) is 24.5 Å². The van der Waals surface area contributed by atoms with Crippen molar-refractivity contribution in [3.8, 4) is 5.75 Å². The summed E-state index contributed by atoms with van der Waals surface area (Å²) in [5, 5.41) is 5.05. The number of amides is 2. The van der Waals surface area contributed by atoms with Gasteiger partial charge in [-0.2, -0.15) is 13.2 Å². The summed E-state index contributed by atoms with van der Waals surface area (Å²) in [4.78, 5) is 11.8. The molecule has 0 bridgehead atoms. The Morgan fingerprint density at radius 3 is 2.10 bits per heavy atom. The van der Waals surface area contributed by atoms with Crippen molar-refractivity contribution in [2.75, 3.05) is 26.7 Å². The summed E-state index contributed by atoms with van der Waals surface area (Å²) in [5.74, 6) is 0.531. The Balaban J connectivity index is 1.67. The maximum absolute atomic E-state index is 12.5. The van der Waals surface area contributed by atoms with E-state index in [9.17, 15) is 26.4 Å². The summed E-state index contributed by atoms with van der Waals surface area (Å²) in [5.41, 5.74) is -0.0791. The van der Waals surface area contributed by atoms with Crippen molar-refractivity contribution in [3.63, 3.8) is 0 Å². The van der Waals surface area contributed by atoms with Gasteiger partial charge in [-0.15, -0.1) is 0 Å². The van der Waals surface area contributed by atoms with Gasteiger partial charge in [-0.25, -0.2) is 17.9 Å². The van der Waals surface area contributed by atoms with Crippen LogP contribution in [0.15, 0.2) is 53.4 Å². The zero-order chi connectivity index (χ0) is 22.2. The van der Waals surface area contributed by atoms with E-state index in [1.165, 1.54) is 43.5 Å². The van der Waals surface area contributed by atoms with Gasteiger partial charge in [0.25, 0.3) is 0 Å². The zero-order valence-electron chi connectivity index (χ0n) is 16.1. The highest BCUT2D eigenvalue weighted by Crippen LogP contribution is 2.29. The number of halogens is 3. The number of hydrogen-bond donors (Lipinski definition) is 3. The predicted molar refractivity (Wildman–Crippen MR) is 105 cm³/mol. The Kier molecular flexibility index (Phi) is 8.07. The van der Waals surface area contributed by atoms with E-state index < -0.39 is 27.8 Å². The van der Waals surface area contributed by atoms with E-state index in [1.54, 1.807) is 0 Å². The fourth-order valence-electron chi connectivity index (χ4n) is 2.44. The summed E-state index contributed by atoms with van der Waals surface area (Å²) in [6.07, 6.45) is -4.03. The third-order valence-electron chi connectivity index (χ3n) is 4.05. The van der Waals surface area contributed by atoms with Gasteiger partial charge in [-0.3, -0.25) is 0 Å². The van der Waals surface area contributed by atoms with Gasteiger partial charge >= 0.3 is 12.2 Å². The summed E-state index contributed by atoms with van der Waals surface area (Å²) in [7, 11) is -2.23. The monoisotopic (exact) mass is 445 g/mol. The van der Waals surface area contributed by atoms with Crippen LogP contribution < -0.4 is 20.1 Å². The molecule has 0 aliphatic rings. The molecule has 0 aromatic heterocycles. The number of methoxy groups -OCH3 is 1. The topological polar surface area (TPSA) is 96.5 Å². The lowest BCUT2D eigenvalue weighted by molar-refractivity contribution is -0.137. The van der Waals surface area contributed by atoms with Gasteiger partial charge < -0.3 is 15.4 Å². The lowest BCUT2D eigenvalue weighted by Crippen LogP contribution is -2.40. The molecule has 0 atom stereocenters. The van der Waals surface area contributed by atoms with Crippen LogP contribution in [0.2, 0.25) is 0 Å². The first kappa shape index (κ1) is 23.5. The van der Waals surface area contributed by atoms with Gasteiger partial charge in [0.2, 0.25) is 10.0 Å². The molecule has 0 fully saturated rings. The molecule has 0 aliphatic carbocycles. The molecule has 0 saturated heterocycles. The molecule has 0 saturated carbocycles. The molecule has 2 amide bonds. The average molecular weight is 445 g/mol. The molecular formula is C19H22F3N3O4S. The summed E-state index contributed by atoms with van der Waals surface area (Å²) in [6.45, 7) is 0.261. The molecule has 2 aromatic rings. The van der Waals surface area contributed by atoms with Crippen LogP contribution >= 0.6 is 0 Å². The fourth-order valence-corrected chi connectivity index (χ4v) is 3.47. The molecule has 2 aromatic carbocycles. The lowest BCUT2D eigenvalue weighted by Gasteiger charge is -2.10. The third-order valence-corrected chi connectivity index (χ3v) is 5.53. The number of ether oxygens (including phenoxy) is 1. The van der Waals surface area contributed by atoms with Crippen LogP contribution in [0.5, 0.6) is 5.75 Å². The number of carbonyl (C=O) groups excluding carboxylic acids is 1. The maximum Gasteiger partial charge on any atom is 0.416 e. The van der Waals surface area contributed by atoms with Crippen molar-refractivity contribution in [3.05, 3.63) is 59.7 Å². The largest absolute Gasteiger partial charge is 0.497 e. The van der Waals surface area contributed by atoms with Crippen LogP contribution in [0.25, 0.3) is 0 Å². The number of urea groups is 1. The van der Waals surface area contributed by atoms with Crippen molar-refractivity contribution in [2.24, 2.45) is 0 Å². The number of benzene rings is 2. The Morgan fingerprint density at radius 2 is 1.53 bits per heavy atom. The average Bonchev–Trinajstić information content (AvgIpc) is 2.71. The molecular weight excluding hydrogens is 423 g/mol. The first-order valence-electron chi connectivity index (χ1n) is 8.93. The number of hydrogen-bond acceptors (Lipinski definition) is 4. The normalized spacial score (nSPS) is 11.7. The van der Waals surface area contributed by atoms with Crippen molar-refractivity contribution in [2.45, 2.75) is 17.5 Å². The van der Waals surface area contributed by atoms with Gasteiger partial charge in [-0.1, -0.05) is 12.1 Å². The Labute approximate surface area is 172 Å². The van der Waals surface area contributed by atoms with Gasteiger partial charge in [0, 0.05) is 19.6 Å². The minimum Gasteiger partial charge on any atom is -0.497 e. The van der Waals surface area contributed by atoms with Crippen molar-refractivity contribution < 1.29 is 31.1 Å². The molecule has 0 heterocycles. The minimum atomic E-state index is -4.38. The van der Waals surface area contributed by atoms with Crippen molar-refractivity contribution in [1.29, 1.82) is 0 Å². The lowest BCUT2D eigenvalue weighted by atomic mass is 10.1. The second-order valence-electron chi connectivity index (χ2n) is 6.20. The van der Waals surface area contributed by atoms with E-state index in [0.29, 0.717) is 17.7 Å². The number of carbonyl (C=O) groups is 1. The molecule has 164 valence electrons. The summed E-state index contributed by atoms with van der Waals surface area (Å²) < 4.78 is 69.2. The van der Waals surface area contributed by atoms with Gasteiger partial charge in [0.05, 0.1) is 17.6 Å². The highest BCUT2D eigenvalue weighted by Gasteiger charge is 2.29. The number of nitrogens with one attached hydrogen (secondary N) is 3. The van der Waals surface area contributed by atoms with E-state index in [2.05, 4.69) is 15.4 Å². The first-order chi connectivity index (χ1) is 14.1. The van der Waals surface area contributed by atoms with E-state index in [0.717, 1.165) is 12.1 Å². The fraction of sp³-hybridized carbons (Fsp3) is 0.316. The zero-order valence-corrected chi connectivity index (χ0v) is 16.9. The smallest absolute Gasteiger partial charge is 0.416 e. The minimum absolute atomic E-state index is 0.0132. The molecule has 0 unspecified atom stereocenters. The molecule has 7 nitrogen and oxygen atoms in total. The standard InChI is InChI=1S/C19H22F3N3O4S/c1-29-16-6-8-17(9-7-16)30(27,28)25-13-12-24-18(26)23-11-10-14-2-4-15(5-3-14)19(20,21)22/h2-9,25H,10-13H2,1H3,(H2,23,24,26). The van der Waals surface area contributed by atoms with E-state index in [4.69, 9.17) is 4.74 Å². The molecule has 2 rings (SSSR count). The van der Waals surface area contributed by atoms with Gasteiger partial charge in [0.15, 0.2) is 0 Å². The number of sulfonamides is 1. The summed E-state index contributed by atoms with van der Waals surface area (Å²) >= 11 is 0. The highest BCUT2D eigenvalue weighted by atomic mass is 32.2. The van der Waals surface area contributed by atoms with Gasteiger partial charge in [-0.05, 0) is 48.4 Å².